The number of likely N-dealkylation sites (N-methyl/N-ethyl adjacent to an activating group) is 1. The first kappa shape index (κ1) is 17.7. The monoisotopic (exact) mass is 363 g/mol. The second-order valence-corrected chi connectivity index (χ2v) is 8.01. The topological polar surface area (TPSA) is 52.6 Å². The van der Waals surface area contributed by atoms with Crippen molar-refractivity contribution in [1.82, 2.24) is 4.90 Å². The van der Waals surface area contributed by atoms with Gasteiger partial charge in [-0.2, -0.15) is 0 Å². The lowest BCUT2D eigenvalue weighted by Gasteiger charge is -2.34. The SMILES string of the molecule is CN1CCN(c2ccc(NS(=O)(=O)Cc3ccccc3F)cc2)CC1. The quantitative estimate of drug-likeness (QED) is 0.887. The second kappa shape index (κ2) is 7.41. The molecule has 1 aliphatic heterocycles. The number of benzene rings is 2. The molecular weight excluding hydrogens is 341 g/mol. The van der Waals surface area contributed by atoms with Crippen LogP contribution in [0.4, 0.5) is 15.8 Å². The summed E-state index contributed by atoms with van der Waals surface area (Å²) < 4.78 is 40.7. The maximum atomic E-state index is 13.6. The summed E-state index contributed by atoms with van der Waals surface area (Å²) in [5.74, 6) is -0.904. The van der Waals surface area contributed by atoms with Gasteiger partial charge in [0.15, 0.2) is 0 Å². The van der Waals surface area contributed by atoms with E-state index < -0.39 is 15.8 Å². The molecule has 3 rings (SSSR count). The minimum absolute atomic E-state index is 0.157. The highest BCUT2D eigenvalue weighted by Gasteiger charge is 2.16. The van der Waals surface area contributed by atoms with Crippen molar-refractivity contribution in [2.75, 3.05) is 42.8 Å². The van der Waals surface area contributed by atoms with Crippen molar-refractivity contribution < 1.29 is 12.8 Å². The summed E-state index contributed by atoms with van der Waals surface area (Å²) in [7, 11) is -1.56. The number of anilines is 2. The Bertz CT molecular complexity index is 816. The fraction of sp³-hybridized carbons (Fsp3) is 0.333. The first-order valence-electron chi connectivity index (χ1n) is 8.20. The molecule has 0 aromatic heterocycles. The van der Waals surface area contributed by atoms with Crippen molar-refractivity contribution in [3.05, 3.63) is 59.9 Å². The van der Waals surface area contributed by atoms with Crippen LogP contribution >= 0.6 is 0 Å². The molecular formula is C18H22FN3O2S. The molecule has 2 aromatic carbocycles. The molecule has 134 valence electrons. The Balaban J connectivity index is 1.65. The Morgan fingerprint density at radius 1 is 1.00 bits per heavy atom. The van der Waals surface area contributed by atoms with Gasteiger partial charge in [0.05, 0.1) is 5.75 Å². The molecule has 0 radical (unpaired) electrons. The van der Waals surface area contributed by atoms with Gasteiger partial charge < -0.3 is 9.80 Å². The number of nitrogens with zero attached hydrogens (tertiary/aromatic N) is 2. The zero-order valence-corrected chi connectivity index (χ0v) is 15.0. The van der Waals surface area contributed by atoms with Gasteiger partial charge in [0, 0.05) is 43.1 Å². The minimum Gasteiger partial charge on any atom is -0.369 e. The molecule has 0 unspecified atom stereocenters. The van der Waals surface area contributed by atoms with Gasteiger partial charge in [-0.25, -0.2) is 12.8 Å². The minimum atomic E-state index is -3.67. The molecule has 1 aliphatic rings. The van der Waals surface area contributed by atoms with Crippen LogP contribution in [0.2, 0.25) is 0 Å². The second-order valence-electron chi connectivity index (χ2n) is 6.29. The van der Waals surface area contributed by atoms with Crippen molar-refractivity contribution in [2.24, 2.45) is 0 Å². The highest BCUT2D eigenvalue weighted by molar-refractivity contribution is 7.91. The largest absolute Gasteiger partial charge is 0.369 e. The van der Waals surface area contributed by atoms with Gasteiger partial charge in [-0.1, -0.05) is 18.2 Å². The third-order valence-corrected chi connectivity index (χ3v) is 5.55. The summed E-state index contributed by atoms with van der Waals surface area (Å²) in [5, 5.41) is 0. The van der Waals surface area contributed by atoms with Crippen LogP contribution in [0, 0.1) is 5.82 Å². The third-order valence-electron chi connectivity index (χ3n) is 4.31. The van der Waals surface area contributed by atoms with Crippen LogP contribution in [-0.2, 0) is 15.8 Å². The first-order chi connectivity index (χ1) is 11.9. The Hall–Kier alpha value is -2.12. The molecule has 2 aromatic rings. The number of hydrogen-bond acceptors (Lipinski definition) is 4. The van der Waals surface area contributed by atoms with Gasteiger partial charge >= 0.3 is 0 Å². The Labute approximate surface area is 148 Å². The average Bonchev–Trinajstić information content (AvgIpc) is 2.58. The standard InChI is InChI=1S/C18H22FN3O2S/c1-21-10-12-22(13-11-21)17-8-6-16(7-9-17)20-25(23,24)14-15-4-2-3-5-18(15)19/h2-9,20H,10-14H2,1H3. The van der Waals surface area contributed by atoms with Gasteiger partial charge in [-0.3, -0.25) is 4.72 Å². The molecule has 0 aliphatic carbocycles. The van der Waals surface area contributed by atoms with E-state index in [1.165, 1.54) is 18.2 Å². The molecule has 1 fully saturated rings. The molecule has 5 nitrogen and oxygen atoms in total. The number of piperazine rings is 1. The zero-order chi connectivity index (χ0) is 17.9. The number of rotatable bonds is 5. The summed E-state index contributed by atoms with van der Waals surface area (Å²) >= 11 is 0. The van der Waals surface area contributed by atoms with Crippen LogP contribution < -0.4 is 9.62 Å². The van der Waals surface area contributed by atoms with E-state index >= 15 is 0 Å². The fourth-order valence-electron chi connectivity index (χ4n) is 2.84. The fourth-order valence-corrected chi connectivity index (χ4v) is 4.05. The molecule has 0 bridgehead atoms. The summed E-state index contributed by atoms with van der Waals surface area (Å²) in [6.07, 6.45) is 0. The van der Waals surface area contributed by atoms with E-state index in [0.717, 1.165) is 31.9 Å². The third kappa shape index (κ3) is 4.70. The average molecular weight is 363 g/mol. The van der Waals surface area contributed by atoms with E-state index in [2.05, 4.69) is 21.6 Å². The summed E-state index contributed by atoms with van der Waals surface area (Å²) in [5.41, 5.74) is 1.71. The van der Waals surface area contributed by atoms with E-state index in [0.29, 0.717) is 5.69 Å². The lowest BCUT2D eigenvalue weighted by Crippen LogP contribution is -2.44. The van der Waals surface area contributed by atoms with Gasteiger partial charge in [0.25, 0.3) is 0 Å². The highest BCUT2D eigenvalue weighted by atomic mass is 32.2. The van der Waals surface area contributed by atoms with Gasteiger partial charge in [0.2, 0.25) is 10.0 Å². The van der Waals surface area contributed by atoms with Crippen LogP contribution in [0.15, 0.2) is 48.5 Å². The van der Waals surface area contributed by atoms with E-state index in [-0.39, 0.29) is 11.3 Å². The lowest BCUT2D eigenvalue weighted by molar-refractivity contribution is 0.313. The smallest absolute Gasteiger partial charge is 0.237 e. The number of sulfonamides is 1. The van der Waals surface area contributed by atoms with Crippen LogP contribution in [0.5, 0.6) is 0 Å². The molecule has 1 saturated heterocycles. The lowest BCUT2D eigenvalue weighted by atomic mass is 10.2. The van der Waals surface area contributed by atoms with Crippen molar-refractivity contribution >= 4 is 21.4 Å². The molecule has 1 heterocycles. The van der Waals surface area contributed by atoms with Crippen molar-refractivity contribution in [1.29, 1.82) is 0 Å². The highest BCUT2D eigenvalue weighted by Crippen LogP contribution is 2.21. The summed E-state index contributed by atoms with van der Waals surface area (Å²) in [6, 6.07) is 13.2. The van der Waals surface area contributed by atoms with Crippen LogP contribution in [0.3, 0.4) is 0 Å². The number of hydrogen-bond donors (Lipinski definition) is 1. The maximum absolute atomic E-state index is 13.6. The van der Waals surface area contributed by atoms with Crippen molar-refractivity contribution in [3.63, 3.8) is 0 Å². The zero-order valence-electron chi connectivity index (χ0n) is 14.2. The van der Waals surface area contributed by atoms with Crippen LogP contribution in [0.1, 0.15) is 5.56 Å². The molecule has 7 heteroatoms. The molecule has 25 heavy (non-hydrogen) atoms. The van der Waals surface area contributed by atoms with E-state index in [4.69, 9.17) is 0 Å². The van der Waals surface area contributed by atoms with Crippen LogP contribution in [0.25, 0.3) is 0 Å². The molecule has 0 atom stereocenters. The molecule has 0 spiro atoms. The van der Waals surface area contributed by atoms with Crippen LogP contribution in [-0.4, -0.2) is 46.5 Å². The molecule has 1 N–H and O–H groups in total. The number of nitrogens with one attached hydrogen (secondary N) is 1. The number of halogens is 1. The molecule has 0 saturated carbocycles. The predicted molar refractivity (Wildman–Crippen MR) is 98.8 cm³/mol. The molecule has 0 amide bonds. The normalized spacial score (nSPS) is 16.0. The van der Waals surface area contributed by atoms with Crippen molar-refractivity contribution in [3.8, 4) is 0 Å². The summed E-state index contributed by atoms with van der Waals surface area (Å²) in [6.45, 7) is 3.93. The van der Waals surface area contributed by atoms with E-state index in [1.54, 1.807) is 18.2 Å². The Kier molecular flexibility index (Phi) is 5.24. The van der Waals surface area contributed by atoms with Gasteiger partial charge in [-0.15, -0.1) is 0 Å². The first-order valence-corrected chi connectivity index (χ1v) is 9.86. The summed E-state index contributed by atoms with van der Waals surface area (Å²) in [4.78, 5) is 4.55. The maximum Gasteiger partial charge on any atom is 0.237 e. The Morgan fingerprint density at radius 2 is 1.64 bits per heavy atom. The van der Waals surface area contributed by atoms with Crippen molar-refractivity contribution in [2.45, 2.75) is 5.75 Å². The van der Waals surface area contributed by atoms with Gasteiger partial charge in [0.1, 0.15) is 5.82 Å². The van der Waals surface area contributed by atoms with Gasteiger partial charge in [-0.05, 0) is 37.4 Å². The van der Waals surface area contributed by atoms with E-state index in [1.807, 2.05) is 12.1 Å². The Morgan fingerprint density at radius 3 is 2.28 bits per heavy atom. The van der Waals surface area contributed by atoms with E-state index in [9.17, 15) is 12.8 Å². The predicted octanol–water partition coefficient (Wildman–Crippen LogP) is 2.52.